The van der Waals surface area contributed by atoms with Crippen LogP contribution in [0.25, 0.3) is 0 Å². The first-order valence-corrected chi connectivity index (χ1v) is 5.23. The normalized spacial score (nSPS) is 19.5. The number of hydrogen-bond acceptors (Lipinski definition) is 2. The van der Waals surface area contributed by atoms with E-state index < -0.39 is 0 Å². The first-order valence-electron chi connectivity index (χ1n) is 4.07. The van der Waals surface area contributed by atoms with Crippen molar-refractivity contribution in [3.05, 3.63) is 0 Å². The SMILES string of the molecule is CC(C)CSCC1CNC1. The lowest BCUT2D eigenvalue weighted by molar-refractivity contribution is 0.385. The maximum Gasteiger partial charge on any atom is -0.0000326 e. The summed E-state index contributed by atoms with van der Waals surface area (Å²) >= 11 is 2.11. The minimum Gasteiger partial charge on any atom is -0.316 e. The third-order valence-corrected chi connectivity index (χ3v) is 3.28. The molecule has 0 saturated carbocycles. The molecule has 0 unspecified atom stereocenters. The molecule has 0 spiro atoms. The first-order chi connectivity index (χ1) is 4.79. The summed E-state index contributed by atoms with van der Waals surface area (Å²) in [6, 6.07) is 0. The largest absolute Gasteiger partial charge is 0.316 e. The maximum absolute atomic E-state index is 3.29. The van der Waals surface area contributed by atoms with Crippen molar-refractivity contribution in [2.24, 2.45) is 11.8 Å². The zero-order valence-corrected chi connectivity index (χ0v) is 7.71. The van der Waals surface area contributed by atoms with Crippen molar-refractivity contribution in [3.8, 4) is 0 Å². The van der Waals surface area contributed by atoms with E-state index in [1.54, 1.807) is 0 Å². The van der Waals surface area contributed by atoms with Gasteiger partial charge in [0, 0.05) is 0 Å². The van der Waals surface area contributed by atoms with Gasteiger partial charge in [-0.3, -0.25) is 0 Å². The summed E-state index contributed by atoms with van der Waals surface area (Å²) in [4.78, 5) is 0. The summed E-state index contributed by atoms with van der Waals surface area (Å²) in [5.41, 5.74) is 0. The molecule has 10 heavy (non-hydrogen) atoms. The van der Waals surface area contributed by atoms with Crippen molar-refractivity contribution < 1.29 is 0 Å². The highest BCUT2D eigenvalue weighted by molar-refractivity contribution is 7.99. The minimum absolute atomic E-state index is 0.859. The lowest BCUT2D eigenvalue weighted by Crippen LogP contribution is -2.43. The number of nitrogens with one attached hydrogen (secondary N) is 1. The Balaban J connectivity index is 1.85. The molecule has 1 fully saturated rings. The molecule has 0 aromatic carbocycles. The van der Waals surface area contributed by atoms with Crippen molar-refractivity contribution in [1.29, 1.82) is 0 Å². The fraction of sp³-hybridized carbons (Fsp3) is 1.00. The van der Waals surface area contributed by atoms with Crippen molar-refractivity contribution in [2.45, 2.75) is 13.8 Å². The van der Waals surface area contributed by atoms with Crippen LogP contribution in [0.1, 0.15) is 13.8 Å². The van der Waals surface area contributed by atoms with Gasteiger partial charge in [0.1, 0.15) is 0 Å². The van der Waals surface area contributed by atoms with E-state index in [-0.39, 0.29) is 0 Å². The van der Waals surface area contributed by atoms with E-state index in [9.17, 15) is 0 Å². The Morgan fingerprint density at radius 2 is 2.20 bits per heavy atom. The summed E-state index contributed by atoms with van der Waals surface area (Å²) in [7, 11) is 0. The number of rotatable bonds is 4. The first kappa shape index (κ1) is 8.41. The van der Waals surface area contributed by atoms with E-state index in [1.165, 1.54) is 24.6 Å². The lowest BCUT2D eigenvalue weighted by Gasteiger charge is -2.26. The van der Waals surface area contributed by atoms with Crippen LogP contribution in [0.5, 0.6) is 0 Å². The highest BCUT2D eigenvalue weighted by Gasteiger charge is 2.15. The van der Waals surface area contributed by atoms with E-state index in [1.807, 2.05) is 0 Å². The molecule has 1 rings (SSSR count). The standard InChI is InChI=1S/C8H17NS/c1-7(2)5-10-6-8-3-9-4-8/h7-9H,3-6H2,1-2H3. The monoisotopic (exact) mass is 159 g/mol. The molecule has 1 heterocycles. The van der Waals surface area contributed by atoms with E-state index in [0.717, 1.165) is 11.8 Å². The van der Waals surface area contributed by atoms with Gasteiger partial charge in [-0.15, -0.1) is 0 Å². The third-order valence-electron chi connectivity index (χ3n) is 1.67. The molecular formula is C8H17NS. The summed E-state index contributed by atoms with van der Waals surface area (Å²) in [6.45, 7) is 7.08. The summed E-state index contributed by atoms with van der Waals surface area (Å²) in [6.07, 6.45) is 0. The van der Waals surface area contributed by atoms with Crippen LogP contribution in [-0.4, -0.2) is 24.6 Å². The van der Waals surface area contributed by atoms with Gasteiger partial charge in [0.25, 0.3) is 0 Å². The van der Waals surface area contributed by atoms with Gasteiger partial charge in [0.05, 0.1) is 0 Å². The average molecular weight is 159 g/mol. The van der Waals surface area contributed by atoms with Gasteiger partial charge in [0.2, 0.25) is 0 Å². The van der Waals surface area contributed by atoms with Gasteiger partial charge in [-0.05, 0) is 36.4 Å². The van der Waals surface area contributed by atoms with Crippen LogP contribution in [0.3, 0.4) is 0 Å². The Kier molecular flexibility index (Phi) is 3.57. The topological polar surface area (TPSA) is 12.0 Å². The average Bonchev–Trinajstić information content (AvgIpc) is 1.75. The van der Waals surface area contributed by atoms with Gasteiger partial charge in [-0.1, -0.05) is 13.8 Å². The van der Waals surface area contributed by atoms with Crippen LogP contribution in [0.2, 0.25) is 0 Å². The molecule has 0 aromatic rings. The van der Waals surface area contributed by atoms with Crippen molar-refractivity contribution in [2.75, 3.05) is 24.6 Å². The summed E-state index contributed by atoms with van der Waals surface area (Å²) in [5.74, 6) is 4.53. The number of hydrogen-bond donors (Lipinski definition) is 1. The lowest BCUT2D eigenvalue weighted by atomic mass is 10.1. The molecule has 0 aromatic heterocycles. The van der Waals surface area contributed by atoms with Crippen LogP contribution in [0.4, 0.5) is 0 Å². The molecule has 1 saturated heterocycles. The Hall–Kier alpha value is 0.310. The zero-order chi connectivity index (χ0) is 7.40. The number of thioether (sulfide) groups is 1. The molecule has 0 amide bonds. The fourth-order valence-electron chi connectivity index (χ4n) is 0.937. The van der Waals surface area contributed by atoms with Gasteiger partial charge in [0.15, 0.2) is 0 Å². The zero-order valence-electron chi connectivity index (χ0n) is 6.89. The van der Waals surface area contributed by atoms with Crippen molar-refractivity contribution >= 4 is 11.8 Å². The quantitative estimate of drug-likeness (QED) is 0.668. The van der Waals surface area contributed by atoms with E-state index in [0.29, 0.717) is 0 Å². The van der Waals surface area contributed by atoms with E-state index in [4.69, 9.17) is 0 Å². The second kappa shape index (κ2) is 4.24. The second-order valence-electron chi connectivity index (χ2n) is 3.46. The third kappa shape index (κ3) is 2.93. The maximum atomic E-state index is 3.29. The molecule has 60 valence electrons. The van der Waals surface area contributed by atoms with Gasteiger partial charge >= 0.3 is 0 Å². The molecule has 0 atom stereocenters. The summed E-state index contributed by atoms with van der Waals surface area (Å²) < 4.78 is 0. The molecule has 0 aliphatic carbocycles. The van der Waals surface area contributed by atoms with E-state index in [2.05, 4.69) is 30.9 Å². The molecule has 0 radical (unpaired) electrons. The highest BCUT2D eigenvalue weighted by atomic mass is 32.2. The second-order valence-corrected chi connectivity index (χ2v) is 4.53. The predicted octanol–water partition coefficient (Wildman–Crippen LogP) is 1.59. The molecule has 1 aliphatic heterocycles. The van der Waals surface area contributed by atoms with Crippen molar-refractivity contribution in [3.63, 3.8) is 0 Å². The predicted molar refractivity (Wildman–Crippen MR) is 48.5 cm³/mol. The molecule has 1 N–H and O–H groups in total. The van der Waals surface area contributed by atoms with Gasteiger partial charge in [-0.25, -0.2) is 0 Å². The molecule has 2 heteroatoms. The summed E-state index contributed by atoms with van der Waals surface area (Å²) in [5, 5.41) is 3.29. The van der Waals surface area contributed by atoms with Crippen LogP contribution in [-0.2, 0) is 0 Å². The molecule has 1 aliphatic rings. The Morgan fingerprint density at radius 1 is 1.50 bits per heavy atom. The minimum atomic E-state index is 0.859. The fourth-order valence-corrected chi connectivity index (χ4v) is 2.11. The molecule has 0 bridgehead atoms. The smallest absolute Gasteiger partial charge is 0.0000326 e. The van der Waals surface area contributed by atoms with Crippen LogP contribution >= 0.6 is 11.8 Å². The van der Waals surface area contributed by atoms with Gasteiger partial charge in [-0.2, -0.15) is 11.8 Å². The highest BCUT2D eigenvalue weighted by Crippen LogP contribution is 2.14. The Bertz CT molecular complexity index is 89.3. The molecular weight excluding hydrogens is 142 g/mol. The Labute approximate surface area is 68.0 Å². The van der Waals surface area contributed by atoms with E-state index >= 15 is 0 Å². The van der Waals surface area contributed by atoms with Crippen molar-refractivity contribution in [1.82, 2.24) is 5.32 Å². The van der Waals surface area contributed by atoms with Gasteiger partial charge < -0.3 is 5.32 Å². The Morgan fingerprint density at radius 3 is 2.60 bits per heavy atom. The van der Waals surface area contributed by atoms with Crippen LogP contribution in [0, 0.1) is 11.8 Å². The van der Waals surface area contributed by atoms with Crippen LogP contribution < -0.4 is 5.32 Å². The molecule has 1 nitrogen and oxygen atoms in total. The van der Waals surface area contributed by atoms with Crippen LogP contribution in [0.15, 0.2) is 0 Å².